The summed E-state index contributed by atoms with van der Waals surface area (Å²) in [6, 6.07) is 23.7. The second-order valence-corrected chi connectivity index (χ2v) is 6.98. The maximum Gasteiger partial charge on any atom is 0.265 e. The van der Waals surface area contributed by atoms with Crippen molar-refractivity contribution in [3.63, 3.8) is 0 Å². The lowest BCUT2D eigenvalue weighted by atomic mass is 10.1. The lowest BCUT2D eigenvalue weighted by Crippen LogP contribution is -2.30. The van der Waals surface area contributed by atoms with Crippen molar-refractivity contribution in [2.75, 3.05) is 5.32 Å². The van der Waals surface area contributed by atoms with Crippen molar-refractivity contribution in [1.82, 2.24) is 0 Å². The largest absolute Gasteiger partial charge is 0.481 e. The average Bonchev–Trinajstić information content (AvgIpc) is 2.65. The summed E-state index contributed by atoms with van der Waals surface area (Å²) in [6.07, 6.45) is -0.606. The van der Waals surface area contributed by atoms with Gasteiger partial charge in [-0.3, -0.25) is 4.79 Å². The zero-order valence-corrected chi connectivity index (χ0v) is 16.3. The third-order valence-corrected chi connectivity index (χ3v) is 4.68. The zero-order chi connectivity index (χ0) is 18.5. The number of hydrogen-bond donors (Lipinski definition) is 1. The fourth-order valence-corrected chi connectivity index (χ4v) is 3.16. The van der Waals surface area contributed by atoms with Gasteiger partial charge >= 0.3 is 0 Å². The summed E-state index contributed by atoms with van der Waals surface area (Å²) < 4.78 is 6.63. The van der Waals surface area contributed by atoms with E-state index in [-0.39, 0.29) is 5.91 Å². The quantitative estimate of drug-likeness (QED) is 0.575. The number of rotatable bonds is 5. The molecule has 0 saturated heterocycles. The molecule has 0 bridgehead atoms. The molecular formula is C22H20BrNO2. The maximum absolute atomic E-state index is 12.4. The van der Waals surface area contributed by atoms with Crippen LogP contribution in [0.3, 0.4) is 0 Å². The van der Waals surface area contributed by atoms with E-state index in [4.69, 9.17) is 4.74 Å². The molecule has 0 aliphatic carbocycles. The molecule has 1 N–H and O–H groups in total. The molecule has 0 fully saturated rings. The van der Waals surface area contributed by atoms with Crippen LogP contribution in [-0.2, 0) is 4.79 Å². The SMILES string of the molecule is Cc1ccc(NC(=O)C(C)Oc2ccc(-c3ccccc3)cc2)c(Br)c1. The Kier molecular flexibility index (Phi) is 5.74. The molecule has 0 saturated carbocycles. The Morgan fingerprint density at radius 2 is 1.62 bits per heavy atom. The average molecular weight is 410 g/mol. The molecule has 3 nitrogen and oxygen atoms in total. The summed E-state index contributed by atoms with van der Waals surface area (Å²) in [5.74, 6) is 0.469. The minimum Gasteiger partial charge on any atom is -0.481 e. The molecule has 0 spiro atoms. The first kappa shape index (κ1) is 18.2. The second-order valence-electron chi connectivity index (χ2n) is 6.12. The summed E-state index contributed by atoms with van der Waals surface area (Å²) in [4.78, 5) is 12.4. The van der Waals surface area contributed by atoms with Crippen LogP contribution in [-0.4, -0.2) is 12.0 Å². The van der Waals surface area contributed by atoms with Gasteiger partial charge in [0.2, 0.25) is 0 Å². The molecule has 0 aromatic heterocycles. The van der Waals surface area contributed by atoms with Crippen molar-refractivity contribution in [2.45, 2.75) is 20.0 Å². The van der Waals surface area contributed by atoms with Crippen LogP contribution < -0.4 is 10.1 Å². The number of halogens is 1. The normalized spacial score (nSPS) is 11.7. The first-order chi connectivity index (χ1) is 12.5. The fourth-order valence-electron chi connectivity index (χ4n) is 2.57. The van der Waals surface area contributed by atoms with Crippen LogP contribution in [0.25, 0.3) is 11.1 Å². The van der Waals surface area contributed by atoms with Gasteiger partial charge in [-0.15, -0.1) is 0 Å². The molecule has 3 aromatic rings. The number of amides is 1. The minimum absolute atomic E-state index is 0.193. The number of ether oxygens (including phenoxy) is 1. The Bertz CT molecular complexity index is 892. The zero-order valence-electron chi connectivity index (χ0n) is 14.7. The summed E-state index contributed by atoms with van der Waals surface area (Å²) in [5.41, 5.74) is 4.11. The highest BCUT2D eigenvalue weighted by Crippen LogP contribution is 2.25. The lowest BCUT2D eigenvalue weighted by Gasteiger charge is -2.16. The molecule has 0 aliphatic rings. The standard InChI is InChI=1S/C22H20BrNO2/c1-15-8-13-21(20(23)14-15)24-22(25)16(2)26-19-11-9-18(10-12-19)17-6-4-3-5-7-17/h3-14,16H,1-2H3,(H,24,25). The minimum atomic E-state index is -0.606. The summed E-state index contributed by atoms with van der Waals surface area (Å²) in [7, 11) is 0. The van der Waals surface area contributed by atoms with Crippen molar-refractivity contribution < 1.29 is 9.53 Å². The Labute approximate surface area is 162 Å². The van der Waals surface area contributed by atoms with Crippen LogP contribution in [0.5, 0.6) is 5.75 Å². The van der Waals surface area contributed by atoms with Crippen LogP contribution in [0, 0.1) is 6.92 Å². The van der Waals surface area contributed by atoms with Crippen molar-refractivity contribution in [1.29, 1.82) is 0 Å². The maximum atomic E-state index is 12.4. The van der Waals surface area contributed by atoms with Gasteiger partial charge < -0.3 is 10.1 Å². The fraction of sp³-hybridized carbons (Fsp3) is 0.136. The van der Waals surface area contributed by atoms with Gasteiger partial charge in [0.25, 0.3) is 5.91 Å². The van der Waals surface area contributed by atoms with E-state index in [0.29, 0.717) is 5.75 Å². The van der Waals surface area contributed by atoms with E-state index in [1.807, 2.05) is 67.6 Å². The van der Waals surface area contributed by atoms with E-state index in [0.717, 1.165) is 26.9 Å². The summed E-state index contributed by atoms with van der Waals surface area (Å²) in [6.45, 7) is 3.74. The van der Waals surface area contributed by atoms with Gasteiger partial charge in [0.05, 0.1) is 5.69 Å². The predicted molar refractivity (Wildman–Crippen MR) is 109 cm³/mol. The van der Waals surface area contributed by atoms with Gasteiger partial charge in [0.1, 0.15) is 5.75 Å². The van der Waals surface area contributed by atoms with Gasteiger partial charge in [-0.1, -0.05) is 48.5 Å². The molecule has 0 radical (unpaired) electrons. The van der Waals surface area contributed by atoms with Crippen molar-refractivity contribution in [3.8, 4) is 16.9 Å². The van der Waals surface area contributed by atoms with E-state index in [1.165, 1.54) is 0 Å². The van der Waals surface area contributed by atoms with E-state index >= 15 is 0 Å². The molecular weight excluding hydrogens is 390 g/mol. The highest BCUT2D eigenvalue weighted by Gasteiger charge is 2.16. The Morgan fingerprint density at radius 1 is 0.962 bits per heavy atom. The smallest absolute Gasteiger partial charge is 0.265 e. The topological polar surface area (TPSA) is 38.3 Å². The number of aryl methyl sites for hydroxylation is 1. The van der Waals surface area contributed by atoms with Crippen LogP contribution in [0.4, 0.5) is 5.69 Å². The van der Waals surface area contributed by atoms with Gasteiger partial charge in [-0.25, -0.2) is 0 Å². The van der Waals surface area contributed by atoms with Crippen LogP contribution in [0.15, 0.2) is 77.3 Å². The first-order valence-corrected chi connectivity index (χ1v) is 9.21. The number of anilines is 1. The molecule has 26 heavy (non-hydrogen) atoms. The Morgan fingerprint density at radius 3 is 2.27 bits per heavy atom. The molecule has 3 rings (SSSR count). The van der Waals surface area contributed by atoms with Gasteiger partial charge in [0.15, 0.2) is 6.10 Å². The summed E-state index contributed by atoms with van der Waals surface area (Å²) >= 11 is 3.47. The van der Waals surface area contributed by atoms with Crippen molar-refractivity contribution in [2.24, 2.45) is 0 Å². The summed E-state index contributed by atoms with van der Waals surface area (Å²) in [5, 5.41) is 2.88. The highest BCUT2D eigenvalue weighted by atomic mass is 79.9. The molecule has 4 heteroatoms. The van der Waals surface area contributed by atoms with Crippen molar-refractivity contribution in [3.05, 3.63) is 82.8 Å². The van der Waals surface area contributed by atoms with Crippen LogP contribution in [0.2, 0.25) is 0 Å². The molecule has 3 aromatic carbocycles. The van der Waals surface area contributed by atoms with Gasteiger partial charge in [0, 0.05) is 4.47 Å². The van der Waals surface area contributed by atoms with E-state index < -0.39 is 6.10 Å². The molecule has 132 valence electrons. The third-order valence-electron chi connectivity index (χ3n) is 4.03. The first-order valence-electron chi connectivity index (χ1n) is 8.42. The molecule has 1 atom stereocenters. The van der Waals surface area contributed by atoms with Gasteiger partial charge in [-0.05, 0) is 70.7 Å². The van der Waals surface area contributed by atoms with Crippen molar-refractivity contribution >= 4 is 27.5 Å². The number of carbonyl (C=O) groups excluding carboxylic acids is 1. The number of benzene rings is 3. The molecule has 1 unspecified atom stereocenters. The lowest BCUT2D eigenvalue weighted by molar-refractivity contribution is -0.122. The van der Waals surface area contributed by atoms with E-state index in [2.05, 4.69) is 33.4 Å². The van der Waals surface area contributed by atoms with E-state index in [9.17, 15) is 4.79 Å². The monoisotopic (exact) mass is 409 g/mol. The molecule has 1 amide bonds. The molecule has 0 heterocycles. The molecule has 0 aliphatic heterocycles. The number of carbonyl (C=O) groups is 1. The number of nitrogens with one attached hydrogen (secondary N) is 1. The predicted octanol–water partition coefficient (Wildman–Crippen LogP) is 5.83. The number of hydrogen-bond acceptors (Lipinski definition) is 2. The van der Waals surface area contributed by atoms with Gasteiger partial charge in [-0.2, -0.15) is 0 Å². The van der Waals surface area contributed by atoms with E-state index in [1.54, 1.807) is 6.92 Å². The third kappa shape index (κ3) is 4.52. The van der Waals surface area contributed by atoms with Crippen LogP contribution in [0.1, 0.15) is 12.5 Å². The second kappa shape index (κ2) is 8.19. The highest BCUT2D eigenvalue weighted by molar-refractivity contribution is 9.10. The van der Waals surface area contributed by atoms with Crippen LogP contribution >= 0.6 is 15.9 Å². The Balaban J connectivity index is 1.63. The Hall–Kier alpha value is -2.59.